The van der Waals surface area contributed by atoms with Gasteiger partial charge in [0.25, 0.3) is 0 Å². The number of hydrogen-bond acceptors (Lipinski definition) is 7. The quantitative estimate of drug-likeness (QED) is 0.292. The largest absolute Gasteiger partial charge is 0.491 e. The van der Waals surface area contributed by atoms with Gasteiger partial charge in [0.1, 0.15) is 30.6 Å². The van der Waals surface area contributed by atoms with Gasteiger partial charge in [-0.3, -0.25) is 9.59 Å². The lowest BCUT2D eigenvalue weighted by Gasteiger charge is -2.34. The Kier molecular flexibility index (Phi) is 7.81. The van der Waals surface area contributed by atoms with E-state index in [0.29, 0.717) is 49.3 Å². The summed E-state index contributed by atoms with van der Waals surface area (Å²) in [5.41, 5.74) is 0.431. The highest BCUT2D eigenvalue weighted by Crippen LogP contribution is 2.15. The molecule has 1 aliphatic heterocycles. The van der Waals surface area contributed by atoms with E-state index in [1.807, 2.05) is 17.0 Å². The van der Waals surface area contributed by atoms with E-state index in [1.165, 1.54) is 7.11 Å². The van der Waals surface area contributed by atoms with Crippen molar-refractivity contribution in [2.75, 3.05) is 33.4 Å². The number of morpholine rings is 1. The van der Waals surface area contributed by atoms with Crippen molar-refractivity contribution in [1.29, 1.82) is 0 Å². The van der Waals surface area contributed by atoms with Crippen molar-refractivity contribution in [3.05, 3.63) is 54.0 Å². The number of ketones is 1. The molecule has 160 valence electrons. The fourth-order valence-corrected chi connectivity index (χ4v) is 3.16. The van der Waals surface area contributed by atoms with Crippen LogP contribution in [-0.4, -0.2) is 61.3 Å². The monoisotopic (exact) mass is 432 g/mol. The van der Waals surface area contributed by atoms with E-state index < -0.39 is 5.97 Å². The summed E-state index contributed by atoms with van der Waals surface area (Å²) in [5, 5.41) is 3.83. The van der Waals surface area contributed by atoms with Crippen LogP contribution in [0.25, 0.3) is 0 Å². The summed E-state index contributed by atoms with van der Waals surface area (Å²) in [6, 6.07) is 10.4. The van der Waals surface area contributed by atoms with Crippen molar-refractivity contribution in [1.82, 2.24) is 10.2 Å². The number of Topliss-reactive ketones (excluding diaryl/α,β-unsaturated/α-hetero) is 1. The number of nitrogens with zero attached hydrogens (tertiary/aromatic N) is 1. The van der Waals surface area contributed by atoms with Gasteiger partial charge in [-0.2, -0.15) is 0 Å². The fourth-order valence-electron chi connectivity index (χ4n) is 2.92. The van der Waals surface area contributed by atoms with E-state index in [4.69, 9.17) is 26.1 Å². The number of rotatable bonds is 8. The zero-order valence-electron chi connectivity index (χ0n) is 16.7. The van der Waals surface area contributed by atoms with Crippen molar-refractivity contribution < 1.29 is 28.2 Å². The minimum atomic E-state index is -0.559. The number of methoxy groups -OCH3 is 1. The molecule has 0 bridgehead atoms. The van der Waals surface area contributed by atoms with Crippen molar-refractivity contribution in [2.45, 2.75) is 19.1 Å². The highest BCUT2D eigenvalue weighted by molar-refractivity contribution is 7.80. The Morgan fingerprint density at radius 1 is 1.27 bits per heavy atom. The lowest BCUT2D eigenvalue weighted by atomic mass is 10.1. The molecule has 0 aliphatic carbocycles. The van der Waals surface area contributed by atoms with Crippen molar-refractivity contribution in [3.63, 3.8) is 0 Å². The summed E-state index contributed by atoms with van der Waals surface area (Å²) in [6.07, 6.45) is 1.21. The Balaban J connectivity index is 1.44. The number of esters is 1. The minimum absolute atomic E-state index is 0.136. The maximum Gasteiger partial charge on any atom is 0.313 e. The van der Waals surface area contributed by atoms with Gasteiger partial charge in [-0.1, -0.05) is 0 Å². The average Bonchev–Trinajstić information content (AvgIpc) is 3.30. The first-order chi connectivity index (χ1) is 14.5. The van der Waals surface area contributed by atoms with Gasteiger partial charge < -0.3 is 28.8 Å². The SMILES string of the molecule is COC(=O)CC(=O)c1ccc(OCC2CN(C(=S)NCc3ccco3)CCO2)cc1. The lowest BCUT2D eigenvalue weighted by Crippen LogP contribution is -2.50. The first-order valence-corrected chi connectivity index (χ1v) is 9.95. The molecule has 1 atom stereocenters. The second kappa shape index (κ2) is 10.7. The topological polar surface area (TPSA) is 90.2 Å². The average molecular weight is 432 g/mol. The van der Waals surface area contributed by atoms with Gasteiger partial charge in [0.15, 0.2) is 10.9 Å². The van der Waals surface area contributed by atoms with Gasteiger partial charge in [-0.15, -0.1) is 0 Å². The molecule has 1 unspecified atom stereocenters. The zero-order valence-corrected chi connectivity index (χ0v) is 17.5. The van der Waals surface area contributed by atoms with Gasteiger partial charge in [0, 0.05) is 18.7 Å². The van der Waals surface area contributed by atoms with Gasteiger partial charge in [0.05, 0.1) is 26.5 Å². The number of thiocarbonyl (C=S) groups is 1. The standard InChI is InChI=1S/C21H24N2O6S/c1-26-20(25)11-19(24)15-4-6-16(7-5-15)29-14-18-13-23(8-10-28-18)21(30)22-12-17-3-2-9-27-17/h2-7,9,18H,8,10-14H2,1H3,(H,22,30). The molecular weight excluding hydrogens is 408 g/mol. The molecule has 0 saturated carbocycles. The van der Waals surface area contributed by atoms with E-state index in [-0.39, 0.29) is 18.3 Å². The Morgan fingerprint density at radius 3 is 2.77 bits per heavy atom. The molecule has 30 heavy (non-hydrogen) atoms. The van der Waals surface area contributed by atoms with Crippen LogP contribution in [0.4, 0.5) is 0 Å². The molecule has 0 amide bonds. The third-order valence-corrected chi connectivity index (χ3v) is 4.97. The van der Waals surface area contributed by atoms with Crippen LogP contribution >= 0.6 is 12.2 Å². The van der Waals surface area contributed by atoms with Gasteiger partial charge in [0.2, 0.25) is 0 Å². The second-order valence-electron chi connectivity index (χ2n) is 6.69. The van der Waals surface area contributed by atoms with E-state index >= 15 is 0 Å². The van der Waals surface area contributed by atoms with E-state index in [1.54, 1.807) is 30.5 Å². The van der Waals surface area contributed by atoms with Gasteiger partial charge >= 0.3 is 5.97 Å². The van der Waals surface area contributed by atoms with Crippen LogP contribution in [-0.2, 0) is 20.8 Å². The molecule has 1 N–H and O–H groups in total. The molecule has 0 radical (unpaired) electrons. The van der Waals surface area contributed by atoms with Crippen LogP contribution in [0.2, 0.25) is 0 Å². The number of carbonyl (C=O) groups is 2. The number of nitrogens with one attached hydrogen (secondary N) is 1. The first-order valence-electron chi connectivity index (χ1n) is 9.55. The molecule has 0 spiro atoms. The molecule has 2 heterocycles. The summed E-state index contributed by atoms with van der Waals surface area (Å²) in [7, 11) is 1.25. The highest BCUT2D eigenvalue weighted by Gasteiger charge is 2.23. The van der Waals surface area contributed by atoms with Crippen molar-refractivity contribution >= 4 is 29.1 Å². The third-order valence-electron chi connectivity index (χ3n) is 4.56. The number of furan rings is 1. The second-order valence-corrected chi connectivity index (χ2v) is 7.08. The Morgan fingerprint density at radius 2 is 2.07 bits per heavy atom. The predicted molar refractivity (Wildman–Crippen MR) is 112 cm³/mol. The normalized spacial score (nSPS) is 16.0. The molecule has 1 fully saturated rings. The van der Waals surface area contributed by atoms with Crippen LogP contribution in [0.1, 0.15) is 22.5 Å². The summed E-state index contributed by atoms with van der Waals surface area (Å²) < 4.78 is 21.4. The summed E-state index contributed by atoms with van der Waals surface area (Å²) in [4.78, 5) is 25.2. The van der Waals surface area contributed by atoms with Gasteiger partial charge in [-0.25, -0.2) is 0 Å². The van der Waals surface area contributed by atoms with E-state index in [9.17, 15) is 9.59 Å². The molecule has 9 heteroatoms. The lowest BCUT2D eigenvalue weighted by molar-refractivity contribution is -0.139. The minimum Gasteiger partial charge on any atom is -0.491 e. The van der Waals surface area contributed by atoms with Crippen molar-refractivity contribution in [3.8, 4) is 5.75 Å². The van der Waals surface area contributed by atoms with Crippen LogP contribution in [0, 0.1) is 0 Å². The first kappa shape index (κ1) is 21.8. The molecule has 3 rings (SSSR count). The maximum atomic E-state index is 12.0. The number of ether oxygens (including phenoxy) is 3. The number of benzene rings is 1. The Hall–Kier alpha value is -2.91. The molecule has 2 aromatic rings. The Labute approximate surface area is 180 Å². The third kappa shape index (κ3) is 6.30. The number of carbonyl (C=O) groups excluding carboxylic acids is 2. The smallest absolute Gasteiger partial charge is 0.313 e. The van der Waals surface area contributed by atoms with Crippen LogP contribution in [0.15, 0.2) is 47.1 Å². The summed E-state index contributed by atoms with van der Waals surface area (Å²) in [5.74, 6) is 0.578. The maximum absolute atomic E-state index is 12.0. The van der Waals surface area contributed by atoms with E-state index in [2.05, 4.69) is 10.1 Å². The van der Waals surface area contributed by atoms with Crippen LogP contribution < -0.4 is 10.1 Å². The van der Waals surface area contributed by atoms with E-state index in [0.717, 1.165) is 5.76 Å². The van der Waals surface area contributed by atoms with Crippen LogP contribution in [0.5, 0.6) is 5.75 Å². The molecular formula is C21H24N2O6S. The predicted octanol–water partition coefficient (Wildman–Crippen LogP) is 2.18. The van der Waals surface area contributed by atoms with Gasteiger partial charge in [-0.05, 0) is 48.6 Å². The van der Waals surface area contributed by atoms with Crippen LogP contribution in [0.3, 0.4) is 0 Å². The highest BCUT2D eigenvalue weighted by atomic mass is 32.1. The number of hydrogen-bond donors (Lipinski definition) is 1. The fraction of sp³-hybridized carbons (Fsp3) is 0.381. The summed E-state index contributed by atoms with van der Waals surface area (Å²) >= 11 is 5.47. The summed E-state index contributed by atoms with van der Waals surface area (Å²) in [6.45, 7) is 2.76. The molecule has 8 nitrogen and oxygen atoms in total. The molecule has 1 saturated heterocycles. The van der Waals surface area contributed by atoms with Crippen molar-refractivity contribution in [2.24, 2.45) is 0 Å². The zero-order chi connectivity index (χ0) is 21.3. The Bertz CT molecular complexity index is 853. The molecule has 1 aromatic heterocycles. The molecule has 1 aromatic carbocycles. The molecule has 1 aliphatic rings.